The van der Waals surface area contributed by atoms with Gasteiger partial charge in [0.15, 0.2) is 4.34 Å². The van der Waals surface area contributed by atoms with Crippen LogP contribution in [0.1, 0.15) is 11.1 Å². The molecular formula is C15H13N3O2S2. The number of rotatable bonds is 4. The standard InChI is InChI=1S/C15H13N3O2S2/c1-21-15-17-12-5-3-10(8-14(12)22-15)6-9-2-4-11(16)13(7-9)18(19)20/h2-5,7-8H,6,16H2,1H3. The maximum atomic E-state index is 11.0. The molecule has 0 fully saturated rings. The molecule has 0 unspecified atom stereocenters. The van der Waals surface area contributed by atoms with Gasteiger partial charge in [0.2, 0.25) is 0 Å². The van der Waals surface area contributed by atoms with Gasteiger partial charge in [-0.25, -0.2) is 4.98 Å². The van der Waals surface area contributed by atoms with Crippen LogP contribution in [0.25, 0.3) is 10.2 Å². The van der Waals surface area contributed by atoms with Crippen molar-refractivity contribution < 1.29 is 4.92 Å². The van der Waals surface area contributed by atoms with Crippen LogP contribution >= 0.6 is 23.1 Å². The number of hydrogen-bond donors (Lipinski definition) is 1. The highest BCUT2D eigenvalue weighted by molar-refractivity contribution is 8.00. The first-order chi connectivity index (χ1) is 10.6. The Balaban J connectivity index is 1.92. The summed E-state index contributed by atoms with van der Waals surface area (Å²) in [6, 6.07) is 11.0. The molecule has 7 heteroatoms. The fourth-order valence-corrected chi connectivity index (χ4v) is 3.79. The van der Waals surface area contributed by atoms with Crippen molar-refractivity contribution in [3.63, 3.8) is 0 Å². The van der Waals surface area contributed by atoms with Crippen LogP contribution in [0.4, 0.5) is 11.4 Å². The first-order valence-corrected chi connectivity index (χ1v) is 8.57. The zero-order valence-electron chi connectivity index (χ0n) is 11.8. The van der Waals surface area contributed by atoms with E-state index >= 15 is 0 Å². The number of benzene rings is 2. The van der Waals surface area contributed by atoms with Crippen molar-refractivity contribution in [3.8, 4) is 0 Å². The Kier molecular flexibility index (Phi) is 4.00. The predicted molar refractivity (Wildman–Crippen MR) is 91.7 cm³/mol. The summed E-state index contributed by atoms with van der Waals surface area (Å²) in [5.41, 5.74) is 8.73. The average molecular weight is 331 g/mol. The Labute approximate surface area is 135 Å². The zero-order valence-corrected chi connectivity index (χ0v) is 13.4. The van der Waals surface area contributed by atoms with Gasteiger partial charge in [0.1, 0.15) is 5.69 Å². The Morgan fingerprint density at radius 1 is 1.27 bits per heavy atom. The highest BCUT2D eigenvalue weighted by Gasteiger charge is 2.12. The number of thioether (sulfide) groups is 1. The van der Waals surface area contributed by atoms with E-state index in [2.05, 4.69) is 11.1 Å². The van der Waals surface area contributed by atoms with Crippen molar-refractivity contribution in [2.75, 3.05) is 12.0 Å². The zero-order chi connectivity index (χ0) is 15.7. The highest BCUT2D eigenvalue weighted by Crippen LogP contribution is 2.30. The van der Waals surface area contributed by atoms with Crippen LogP contribution in [-0.4, -0.2) is 16.2 Å². The number of nitrogens with two attached hydrogens (primary N) is 1. The molecule has 0 spiro atoms. The lowest BCUT2D eigenvalue weighted by Gasteiger charge is -2.04. The second-order valence-corrected chi connectivity index (χ2v) is 6.90. The Hall–Kier alpha value is -2.12. The SMILES string of the molecule is CSc1nc2ccc(Cc3ccc(N)c([N+](=O)[O-])c3)cc2s1. The van der Waals surface area contributed by atoms with Gasteiger partial charge in [-0.2, -0.15) is 0 Å². The fourth-order valence-electron chi connectivity index (χ4n) is 2.24. The molecule has 0 saturated carbocycles. The Morgan fingerprint density at radius 2 is 2.00 bits per heavy atom. The van der Waals surface area contributed by atoms with Crippen LogP contribution in [0.15, 0.2) is 40.7 Å². The largest absolute Gasteiger partial charge is 0.393 e. The second-order valence-electron chi connectivity index (χ2n) is 4.81. The average Bonchev–Trinajstić information content (AvgIpc) is 2.91. The van der Waals surface area contributed by atoms with E-state index in [1.54, 1.807) is 35.2 Å². The van der Waals surface area contributed by atoms with E-state index in [0.717, 1.165) is 25.7 Å². The van der Waals surface area contributed by atoms with Gasteiger partial charge in [-0.05, 0) is 42.0 Å². The summed E-state index contributed by atoms with van der Waals surface area (Å²) >= 11 is 3.29. The van der Waals surface area contributed by atoms with E-state index in [1.165, 1.54) is 0 Å². The van der Waals surface area contributed by atoms with E-state index in [0.29, 0.717) is 6.42 Å². The molecule has 5 nitrogen and oxygen atoms in total. The normalized spacial score (nSPS) is 11.0. The lowest BCUT2D eigenvalue weighted by Crippen LogP contribution is -1.97. The van der Waals surface area contributed by atoms with Gasteiger partial charge in [-0.3, -0.25) is 10.1 Å². The lowest BCUT2D eigenvalue weighted by molar-refractivity contribution is -0.383. The third-order valence-corrected chi connectivity index (χ3v) is 5.31. The number of hydrogen-bond acceptors (Lipinski definition) is 6. The molecule has 0 aliphatic heterocycles. The van der Waals surface area contributed by atoms with Crippen LogP contribution in [-0.2, 0) is 6.42 Å². The van der Waals surface area contributed by atoms with Gasteiger partial charge in [0, 0.05) is 6.07 Å². The molecule has 112 valence electrons. The molecule has 3 rings (SSSR count). The Morgan fingerprint density at radius 3 is 2.73 bits per heavy atom. The summed E-state index contributed by atoms with van der Waals surface area (Å²) in [6.45, 7) is 0. The third-order valence-electron chi connectivity index (χ3n) is 3.31. The molecule has 3 aromatic rings. The lowest BCUT2D eigenvalue weighted by atomic mass is 10.0. The van der Waals surface area contributed by atoms with Crippen LogP contribution in [0.2, 0.25) is 0 Å². The molecule has 0 radical (unpaired) electrons. The third kappa shape index (κ3) is 2.90. The molecule has 0 bridgehead atoms. The van der Waals surface area contributed by atoms with Crippen LogP contribution in [0.5, 0.6) is 0 Å². The molecule has 22 heavy (non-hydrogen) atoms. The van der Waals surface area contributed by atoms with Gasteiger partial charge < -0.3 is 5.73 Å². The van der Waals surface area contributed by atoms with Crippen LogP contribution in [0, 0.1) is 10.1 Å². The van der Waals surface area contributed by atoms with Crippen molar-refractivity contribution in [3.05, 3.63) is 57.6 Å². The monoisotopic (exact) mass is 331 g/mol. The van der Waals surface area contributed by atoms with Gasteiger partial charge in [0.25, 0.3) is 5.69 Å². The van der Waals surface area contributed by atoms with Gasteiger partial charge in [-0.1, -0.05) is 23.9 Å². The van der Waals surface area contributed by atoms with E-state index in [1.807, 2.05) is 24.5 Å². The maximum absolute atomic E-state index is 11.0. The topological polar surface area (TPSA) is 82.0 Å². The number of nitrogens with zero attached hydrogens (tertiary/aromatic N) is 2. The summed E-state index contributed by atoms with van der Waals surface area (Å²) in [5.74, 6) is 0. The second kappa shape index (κ2) is 5.94. The van der Waals surface area contributed by atoms with Crippen molar-refractivity contribution in [1.82, 2.24) is 4.98 Å². The molecule has 0 saturated heterocycles. The van der Waals surface area contributed by atoms with E-state index in [-0.39, 0.29) is 11.4 Å². The van der Waals surface area contributed by atoms with E-state index < -0.39 is 4.92 Å². The molecule has 1 heterocycles. The molecule has 0 aliphatic carbocycles. The molecule has 0 atom stereocenters. The van der Waals surface area contributed by atoms with Crippen molar-refractivity contribution >= 4 is 44.7 Å². The quantitative estimate of drug-likeness (QED) is 0.337. The van der Waals surface area contributed by atoms with Crippen molar-refractivity contribution in [1.29, 1.82) is 0 Å². The van der Waals surface area contributed by atoms with Crippen molar-refractivity contribution in [2.24, 2.45) is 0 Å². The molecule has 2 aromatic carbocycles. The number of aromatic nitrogens is 1. The summed E-state index contributed by atoms with van der Waals surface area (Å²) in [7, 11) is 0. The highest BCUT2D eigenvalue weighted by atomic mass is 32.2. The molecular weight excluding hydrogens is 318 g/mol. The van der Waals surface area contributed by atoms with Gasteiger partial charge >= 0.3 is 0 Å². The molecule has 2 N–H and O–H groups in total. The maximum Gasteiger partial charge on any atom is 0.292 e. The number of nitro benzene ring substituents is 1. The van der Waals surface area contributed by atoms with E-state index in [4.69, 9.17) is 5.73 Å². The number of fused-ring (bicyclic) bond motifs is 1. The number of thiazole rings is 1. The summed E-state index contributed by atoms with van der Waals surface area (Å²) in [4.78, 5) is 15.0. The van der Waals surface area contributed by atoms with Crippen LogP contribution < -0.4 is 5.73 Å². The minimum Gasteiger partial charge on any atom is -0.393 e. The van der Waals surface area contributed by atoms with E-state index in [9.17, 15) is 10.1 Å². The Bertz CT molecular complexity index is 861. The number of anilines is 1. The van der Waals surface area contributed by atoms with Crippen molar-refractivity contribution in [2.45, 2.75) is 10.8 Å². The fraction of sp³-hybridized carbons (Fsp3) is 0.133. The molecule has 1 aromatic heterocycles. The minimum absolute atomic E-state index is 0.0407. The smallest absolute Gasteiger partial charge is 0.292 e. The summed E-state index contributed by atoms with van der Waals surface area (Å²) in [5, 5.41) is 11.0. The minimum atomic E-state index is -0.448. The predicted octanol–water partition coefficient (Wildman–Crippen LogP) is 4.10. The number of nitrogen functional groups attached to an aromatic ring is 1. The van der Waals surface area contributed by atoms with Gasteiger partial charge in [-0.15, -0.1) is 11.3 Å². The molecule has 0 aliphatic rings. The van der Waals surface area contributed by atoms with Gasteiger partial charge in [0.05, 0.1) is 15.1 Å². The first-order valence-electron chi connectivity index (χ1n) is 6.53. The molecule has 0 amide bonds. The first kappa shape index (κ1) is 14.8. The number of nitro groups is 1. The van der Waals surface area contributed by atoms with Crippen LogP contribution in [0.3, 0.4) is 0 Å². The summed E-state index contributed by atoms with van der Waals surface area (Å²) < 4.78 is 2.17. The summed E-state index contributed by atoms with van der Waals surface area (Å²) in [6.07, 6.45) is 2.63.